The molecule has 1 aromatic rings. The van der Waals surface area contributed by atoms with Gasteiger partial charge in [-0.25, -0.2) is 4.98 Å². The number of halogens is 5. The molecule has 3 nitrogen and oxygen atoms in total. The van der Waals surface area contributed by atoms with Gasteiger partial charge in [0.2, 0.25) is 0 Å². The van der Waals surface area contributed by atoms with Crippen molar-refractivity contribution in [2.45, 2.75) is 12.2 Å². The lowest BCUT2D eigenvalue weighted by Gasteiger charge is -2.12. The van der Waals surface area contributed by atoms with Gasteiger partial charge in [-0.2, -0.15) is 0 Å². The Hall–Kier alpha value is -0.440. The fraction of sp³-hybridized carbons (Fsp3) is 0.286. The standard InChI is InChI=1S/C7H4ClF3INO2/c8-2-3-5(15-7(9,10)11)1-4(14)6(12)13-3/h1,14H,2H2. The number of pyridine rings is 1. The van der Waals surface area contributed by atoms with E-state index in [9.17, 15) is 13.2 Å². The Bertz CT molecular complexity index is 372. The second-order valence-electron chi connectivity index (χ2n) is 2.42. The van der Waals surface area contributed by atoms with Gasteiger partial charge in [0.1, 0.15) is 3.70 Å². The summed E-state index contributed by atoms with van der Waals surface area (Å²) in [6.45, 7) is 0. The van der Waals surface area contributed by atoms with E-state index in [1.54, 1.807) is 22.6 Å². The first-order valence-corrected chi connectivity index (χ1v) is 5.15. The van der Waals surface area contributed by atoms with Crippen LogP contribution in [0.4, 0.5) is 13.2 Å². The van der Waals surface area contributed by atoms with Gasteiger partial charge in [0.25, 0.3) is 0 Å². The third kappa shape index (κ3) is 3.56. The van der Waals surface area contributed by atoms with Crippen LogP contribution in [-0.2, 0) is 5.88 Å². The van der Waals surface area contributed by atoms with Gasteiger partial charge in [-0.05, 0) is 22.6 Å². The van der Waals surface area contributed by atoms with Gasteiger partial charge in [0, 0.05) is 6.07 Å². The van der Waals surface area contributed by atoms with Crippen molar-refractivity contribution in [3.63, 3.8) is 0 Å². The predicted molar refractivity (Wildman–Crippen MR) is 54.9 cm³/mol. The maximum Gasteiger partial charge on any atom is 0.573 e. The van der Waals surface area contributed by atoms with Crippen molar-refractivity contribution in [3.8, 4) is 11.5 Å². The van der Waals surface area contributed by atoms with Crippen molar-refractivity contribution in [2.75, 3.05) is 0 Å². The minimum Gasteiger partial charge on any atom is -0.505 e. The molecule has 8 heteroatoms. The molecular formula is C7H4ClF3INO2. The van der Waals surface area contributed by atoms with Crippen LogP contribution in [-0.4, -0.2) is 16.5 Å². The molecule has 0 aliphatic rings. The van der Waals surface area contributed by atoms with E-state index >= 15 is 0 Å². The minimum atomic E-state index is -4.83. The van der Waals surface area contributed by atoms with E-state index in [1.807, 2.05) is 0 Å². The average Bonchev–Trinajstić information content (AvgIpc) is 2.08. The highest BCUT2D eigenvalue weighted by Gasteiger charge is 2.32. The van der Waals surface area contributed by atoms with Crippen LogP contribution in [0.15, 0.2) is 6.07 Å². The van der Waals surface area contributed by atoms with Crippen LogP contribution in [0.25, 0.3) is 0 Å². The molecule has 0 fully saturated rings. The van der Waals surface area contributed by atoms with Crippen molar-refractivity contribution in [1.82, 2.24) is 4.98 Å². The molecule has 1 heterocycles. The van der Waals surface area contributed by atoms with E-state index in [2.05, 4.69) is 9.72 Å². The van der Waals surface area contributed by atoms with Gasteiger partial charge in [-0.3, -0.25) is 0 Å². The first-order chi connectivity index (χ1) is 6.83. The Morgan fingerprint density at radius 3 is 2.60 bits per heavy atom. The maximum atomic E-state index is 11.9. The second-order valence-corrected chi connectivity index (χ2v) is 3.71. The molecule has 0 aromatic carbocycles. The first-order valence-electron chi connectivity index (χ1n) is 3.53. The topological polar surface area (TPSA) is 42.4 Å². The van der Waals surface area contributed by atoms with Crippen molar-refractivity contribution >= 4 is 34.2 Å². The number of hydrogen-bond acceptors (Lipinski definition) is 3. The lowest BCUT2D eigenvalue weighted by Crippen LogP contribution is -2.18. The largest absolute Gasteiger partial charge is 0.573 e. The summed E-state index contributed by atoms with van der Waals surface area (Å²) in [5.74, 6) is -1.21. The van der Waals surface area contributed by atoms with Crippen LogP contribution in [0.3, 0.4) is 0 Å². The summed E-state index contributed by atoms with van der Waals surface area (Å²) in [7, 11) is 0. The van der Waals surface area contributed by atoms with E-state index < -0.39 is 12.1 Å². The third-order valence-electron chi connectivity index (χ3n) is 1.35. The molecule has 0 unspecified atom stereocenters. The molecule has 15 heavy (non-hydrogen) atoms. The number of rotatable bonds is 2. The van der Waals surface area contributed by atoms with E-state index in [1.165, 1.54) is 0 Å². The molecule has 0 atom stereocenters. The third-order valence-corrected chi connectivity index (χ3v) is 2.40. The van der Waals surface area contributed by atoms with Gasteiger partial charge in [0.05, 0.1) is 11.6 Å². The summed E-state index contributed by atoms with van der Waals surface area (Å²) in [6, 6.07) is 0.833. The monoisotopic (exact) mass is 353 g/mol. The number of aromatic hydroxyl groups is 1. The zero-order valence-corrected chi connectivity index (χ0v) is 9.89. The molecule has 0 bridgehead atoms. The number of ether oxygens (including phenoxy) is 1. The minimum absolute atomic E-state index is 0.0730. The molecule has 0 radical (unpaired) electrons. The fourth-order valence-electron chi connectivity index (χ4n) is 0.807. The van der Waals surface area contributed by atoms with E-state index in [4.69, 9.17) is 16.7 Å². The molecule has 84 valence electrons. The van der Waals surface area contributed by atoms with Crippen molar-refractivity contribution in [2.24, 2.45) is 0 Å². The molecule has 1 aromatic heterocycles. The van der Waals surface area contributed by atoms with Gasteiger partial charge >= 0.3 is 6.36 Å². The summed E-state index contributed by atoms with van der Waals surface area (Å²) in [6.07, 6.45) is -4.83. The van der Waals surface area contributed by atoms with Crippen LogP contribution in [0, 0.1) is 3.70 Å². The Morgan fingerprint density at radius 1 is 1.53 bits per heavy atom. The lowest BCUT2D eigenvalue weighted by molar-refractivity contribution is -0.275. The summed E-state index contributed by atoms with van der Waals surface area (Å²) in [5, 5.41) is 9.16. The van der Waals surface area contributed by atoms with Crippen LogP contribution in [0.5, 0.6) is 11.5 Å². The maximum absolute atomic E-state index is 11.9. The summed E-state index contributed by atoms with van der Waals surface area (Å²) >= 11 is 7.06. The molecule has 1 rings (SSSR count). The lowest BCUT2D eigenvalue weighted by atomic mass is 10.3. The predicted octanol–water partition coefficient (Wildman–Crippen LogP) is 3.03. The second kappa shape index (κ2) is 4.60. The van der Waals surface area contributed by atoms with Crippen LogP contribution in [0.2, 0.25) is 0 Å². The van der Waals surface area contributed by atoms with Gasteiger partial charge in [-0.15, -0.1) is 24.8 Å². The molecular weight excluding hydrogens is 349 g/mol. The van der Waals surface area contributed by atoms with Crippen molar-refractivity contribution in [1.29, 1.82) is 0 Å². The number of aromatic nitrogens is 1. The number of hydrogen-bond donors (Lipinski definition) is 1. The van der Waals surface area contributed by atoms with Crippen LogP contribution in [0.1, 0.15) is 5.69 Å². The van der Waals surface area contributed by atoms with E-state index in [0.717, 1.165) is 6.07 Å². The van der Waals surface area contributed by atoms with Crippen molar-refractivity contribution < 1.29 is 23.0 Å². The van der Waals surface area contributed by atoms with Crippen LogP contribution >= 0.6 is 34.2 Å². The van der Waals surface area contributed by atoms with E-state index in [0.29, 0.717) is 0 Å². The summed E-state index contributed by atoms with van der Waals surface area (Å²) in [4.78, 5) is 3.66. The molecule has 0 spiro atoms. The molecule has 0 saturated carbocycles. The average molecular weight is 353 g/mol. The quantitative estimate of drug-likeness (QED) is 0.505. The Labute approximate surface area is 101 Å². The highest BCUT2D eigenvalue weighted by Crippen LogP contribution is 2.31. The highest BCUT2D eigenvalue weighted by molar-refractivity contribution is 14.1. The fourth-order valence-corrected chi connectivity index (χ4v) is 1.45. The Balaban J connectivity index is 3.11. The summed E-state index contributed by atoms with van der Waals surface area (Å²) in [5.41, 5.74) is -0.0730. The Kier molecular flexibility index (Phi) is 3.87. The van der Waals surface area contributed by atoms with E-state index in [-0.39, 0.29) is 21.0 Å². The van der Waals surface area contributed by atoms with Gasteiger partial charge in [0.15, 0.2) is 11.5 Å². The normalized spacial score (nSPS) is 11.5. The Morgan fingerprint density at radius 2 is 2.13 bits per heavy atom. The molecule has 0 aliphatic heterocycles. The number of alkyl halides is 4. The zero-order valence-electron chi connectivity index (χ0n) is 6.98. The zero-order chi connectivity index (χ0) is 11.6. The molecule has 1 N–H and O–H groups in total. The van der Waals surface area contributed by atoms with Crippen molar-refractivity contribution in [3.05, 3.63) is 15.5 Å². The molecule has 0 amide bonds. The van der Waals surface area contributed by atoms with Crippen LogP contribution < -0.4 is 4.74 Å². The SMILES string of the molecule is Oc1cc(OC(F)(F)F)c(CCl)nc1I. The molecule has 0 saturated heterocycles. The first kappa shape index (κ1) is 12.6. The molecule has 0 aliphatic carbocycles. The highest BCUT2D eigenvalue weighted by atomic mass is 127. The summed E-state index contributed by atoms with van der Waals surface area (Å²) < 4.78 is 39.6. The smallest absolute Gasteiger partial charge is 0.505 e. The number of nitrogens with zero attached hydrogens (tertiary/aromatic N) is 1. The van der Waals surface area contributed by atoms with Gasteiger partial charge < -0.3 is 9.84 Å². The van der Waals surface area contributed by atoms with Gasteiger partial charge in [-0.1, -0.05) is 0 Å².